The summed E-state index contributed by atoms with van der Waals surface area (Å²) in [5, 5.41) is 25.8. The van der Waals surface area contributed by atoms with Crippen LogP contribution in [-0.4, -0.2) is 54.5 Å². The Hall–Kier alpha value is -5.21. The van der Waals surface area contributed by atoms with Gasteiger partial charge in [-0.1, -0.05) is 23.7 Å². The quantitative estimate of drug-likeness (QED) is 0.212. The van der Waals surface area contributed by atoms with E-state index in [1.807, 2.05) is 5.38 Å². The average molecular weight is 604 g/mol. The first-order valence-corrected chi connectivity index (χ1v) is 13.7. The van der Waals surface area contributed by atoms with Crippen LogP contribution in [0.3, 0.4) is 0 Å². The highest BCUT2D eigenvalue weighted by Gasteiger charge is 2.19. The summed E-state index contributed by atoms with van der Waals surface area (Å²) in [6, 6.07) is 12.8. The van der Waals surface area contributed by atoms with Crippen LogP contribution in [-0.2, 0) is 16.0 Å². The van der Waals surface area contributed by atoms with Crippen LogP contribution in [0.2, 0.25) is 5.02 Å². The summed E-state index contributed by atoms with van der Waals surface area (Å²) in [5.74, 6) is -0.411. The second-order valence-electron chi connectivity index (χ2n) is 8.77. The molecule has 2 amide bonds. The number of halogens is 1. The van der Waals surface area contributed by atoms with Gasteiger partial charge < -0.3 is 10.1 Å². The van der Waals surface area contributed by atoms with Gasteiger partial charge in [0, 0.05) is 34.2 Å². The van der Waals surface area contributed by atoms with E-state index in [0.717, 1.165) is 5.69 Å². The topological polar surface area (TPSA) is 170 Å². The molecule has 0 fully saturated rings. The van der Waals surface area contributed by atoms with E-state index in [-0.39, 0.29) is 0 Å². The minimum atomic E-state index is -0.626. The Kier molecular flexibility index (Phi) is 8.75. The Morgan fingerprint density at radius 2 is 2.02 bits per heavy atom. The van der Waals surface area contributed by atoms with Crippen LogP contribution >= 0.6 is 22.9 Å². The Balaban J connectivity index is 1.41. The fourth-order valence-electron chi connectivity index (χ4n) is 4.02. The van der Waals surface area contributed by atoms with Crippen molar-refractivity contribution in [3.05, 3.63) is 104 Å². The van der Waals surface area contributed by atoms with Gasteiger partial charge in [-0.15, -0.1) is 16.4 Å². The molecule has 15 heteroatoms. The second-order valence-corrected chi connectivity index (χ2v) is 9.92. The minimum Gasteiger partial charge on any atom is -0.453 e. The van der Waals surface area contributed by atoms with Crippen molar-refractivity contribution < 1.29 is 14.3 Å². The molecule has 0 bridgehead atoms. The van der Waals surface area contributed by atoms with Gasteiger partial charge in [0.15, 0.2) is 0 Å². The number of anilines is 1. The normalized spacial score (nSPS) is 11.8. The van der Waals surface area contributed by atoms with E-state index in [1.165, 1.54) is 35.5 Å². The molecule has 0 saturated carbocycles. The number of rotatable bonds is 9. The Labute approximate surface area is 247 Å². The van der Waals surface area contributed by atoms with Crippen LogP contribution < -0.4 is 16.2 Å². The number of tetrazole rings is 1. The van der Waals surface area contributed by atoms with Crippen molar-refractivity contribution in [2.75, 3.05) is 12.4 Å². The van der Waals surface area contributed by atoms with Gasteiger partial charge in [-0.3, -0.25) is 14.9 Å². The molecular weight excluding hydrogens is 582 g/mol. The van der Waals surface area contributed by atoms with Crippen molar-refractivity contribution in [1.29, 1.82) is 0 Å². The third-order valence-corrected chi connectivity index (χ3v) is 6.89. The number of aromatic amines is 1. The van der Waals surface area contributed by atoms with E-state index >= 15 is 0 Å². The molecule has 0 aliphatic carbocycles. The lowest BCUT2D eigenvalue weighted by Crippen LogP contribution is -2.30. The molecule has 3 N–H and O–H groups in total. The SMILES string of the molecule is COC(=O)Nc1ccc(-c2cc([C@H](Cc3cscn3)NC(=O)C=Cc3cc(Cl)ccc3-n3cnnn3)n[nH]c2=O)cc1. The first-order valence-electron chi connectivity index (χ1n) is 12.3. The summed E-state index contributed by atoms with van der Waals surface area (Å²) in [4.78, 5) is 41.7. The molecule has 0 spiro atoms. The van der Waals surface area contributed by atoms with Crippen LogP contribution in [0.25, 0.3) is 22.9 Å². The molecule has 42 heavy (non-hydrogen) atoms. The molecule has 2 aromatic carbocycles. The fourth-order valence-corrected chi connectivity index (χ4v) is 4.77. The van der Waals surface area contributed by atoms with Crippen molar-refractivity contribution >= 4 is 46.7 Å². The fraction of sp³-hybridized carbons (Fsp3) is 0.111. The zero-order chi connectivity index (χ0) is 29.5. The minimum absolute atomic E-state index is 0.330. The number of hydrogen-bond acceptors (Lipinski definition) is 10. The standard InChI is InChI=1S/C27H22ClN9O4S/c1-41-27(40)31-19-6-2-16(3-7-19)21-12-23(33-34-26(21)39)22(11-20-13-42-15-29-20)32-25(38)9-4-17-10-18(28)5-8-24(17)37-14-30-35-36-37/h2-10,12-15,22H,11H2,1H3,(H,31,40)(H,32,38)(H,34,39)/t22-/m0/s1. The van der Waals surface area contributed by atoms with Gasteiger partial charge in [-0.2, -0.15) is 9.78 Å². The Morgan fingerprint density at radius 3 is 2.74 bits per heavy atom. The molecule has 3 heterocycles. The summed E-state index contributed by atoms with van der Waals surface area (Å²) >= 11 is 7.62. The number of methoxy groups -OCH3 is 1. The molecule has 0 aliphatic heterocycles. The number of benzene rings is 2. The van der Waals surface area contributed by atoms with E-state index in [0.29, 0.717) is 45.2 Å². The summed E-state index contributed by atoms with van der Waals surface area (Å²) in [6.07, 6.45) is 4.13. The van der Waals surface area contributed by atoms with Crippen molar-refractivity contribution in [2.24, 2.45) is 0 Å². The van der Waals surface area contributed by atoms with Gasteiger partial charge in [-0.05, 0) is 58.5 Å². The smallest absolute Gasteiger partial charge is 0.411 e. The zero-order valence-corrected chi connectivity index (χ0v) is 23.5. The van der Waals surface area contributed by atoms with Crippen LogP contribution in [0.1, 0.15) is 23.0 Å². The maximum Gasteiger partial charge on any atom is 0.411 e. The van der Waals surface area contributed by atoms with Crippen LogP contribution in [0.15, 0.2) is 76.6 Å². The highest BCUT2D eigenvalue weighted by molar-refractivity contribution is 7.07. The van der Waals surface area contributed by atoms with E-state index in [1.54, 1.807) is 60.1 Å². The lowest BCUT2D eigenvalue weighted by atomic mass is 10.0. The highest BCUT2D eigenvalue weighted by atomic mass is 35.5. The summed E-state index contributed by atoms with van der Waals surface area (Å²) in [6.45, 7) is 0. The lowest BCUT2D eigenvalue weighted by molar-refractivity contribution is -0.117. The number of hydrogen-bond donors (Lipinski definition) is 3. The molecule has 0 aliphatic rings. The predicted molar refractivity (Wildman–Crippen MR) is 156 cm³/mol. The molecule has 3 aromatic heterocycles. The van der Waals surface area contributed by atoms with E-state index < -0.39 is 23.6 Å². The molecular formula is C27H22ClN9O4S. The largest absolute Gasteiger partial charge is 0.453 e. The van der Waals surface area contributed by atoms with Gasteiger partial charge in [0.05, 0.1) is 41.3 Å². The zero-order valence-electron chi connectivity index (χ0n) is 21.9. The molecule has 5 aromatic rings. The molecule has 13 nitrogen and oxygen atoms in total. The van der Waals surface area contributed by atoms with Crippen LogP contribution in [0, 0.1) is 0 Å². The van der Waals surface area contributed by atoms with Gasteiger partial charge in [-0.25, -0.2) is 14.9 Å². The van der Waals surface area contributed by atoms with Gasteiger partial charge in [0.25, 0.3) is 5.56 Å². The van der Waals surface area contributed by atoms with E-state index in [9.17, 15) is 14.4 Å². The molecule has 0 unspecified atom stereocenters. The summed E-state index contributed by atoms with van der Waals surface area (Å²) in [7, 11) is 1.27. The third kappa shape index (κ3) is 6.92. The molecule has 5 rings (SSSR count). The van der Waals surface area contributed by atoms with Gasteiger partial charge in [0.1, 0.15) is 6.33 Å². The maximum atomic E-state index is 13.1. The maximum absolute atomic E-state index is 13.1. The second kappa shape index (κ2) is 13.0. The summed E-state index contributed by atoms with van der Waals surface area (Å²) in [5.41, 5.74) is 5.13. The number of aromatic nitrogens is 7. The number of carbonyl (C=O) groups is 2. The monoisotopic (exact) mass is 603 g/mol. The first kappa shape index (κ1) is 28.3. The Morgan fingerprint density at radius 1 is 1.19 bits per heavy atom. The van der Waals surface area contributed by atoms with Crippen LogP contribution in [0.5, 0.6) is 0 Å². The van der Waals surface area contributed by atoms with E-state index in [2.05, 4.69) is 46.1 Å². The average Bonchev–Trinajstić information content (AvgIpc) is 3.72. The van der Waals surface area contributed by atoms with Crippen LogP contribution in [0.4, 0.5) is 10.5 Å². The number of thiazole rings is 1. The van der Waals surface area contributed by atoms with Gasteiger partial charge in [0.2, 0.25) is 5.91 Å². The molecule has 0 saturated heterocycles. The number of ether oxygens (including phenoxy) is 1. The third-order valence-electron chi connectivity index (χ3n) is 6.02. The highest BCUT2D eigenvalue weighted by Crippen LogP contribution is 2.24. The number of carbonyl (C=O) groups excluding carboxylic acids is 2. The number of H-pyrrole nitrogens is 1. The van der Waals surface area contributed by atoms with Crippen molar-refractivity contribution in [1.82, 2.24) is 40.7 Å². The number of nitrogens with zero attached hydrogens (tertiary/aromatic N) is 6. The van der Waals surface area contributed by atoms with E-state index in [4.69, 9.17) is 11.6 Å². The first-order chi connectivity index (χ1) is 20.4. The molecule has 212 valence electrons. The number of nitrogens with one attached hydrogen (secondary N) is 3. The van der Waals surface area contributed by atoms with Crippen molar-refractivity contribution in [2.45, 2.75) is 12.5 Å². The molecule has 1 atom stereocenters. The number of amides is 2. The van der Waals surface area contributed by atoms with Crippen molar-refractivity contribution in [3.63, 3.8) is 0 Å². The predicted octanol–water partition coefficient (Wildman–Crippen LogP) is 3.81. The summed E-state index contributed by atoms with van der Waals surface area (Å²) < 4.78 is 6.06. The molecule has 0 radical (unpaired) electrons. The Bertz CT molecular complexity index is 1770. The van der Waals surface area contributed by atoms with Crippen molar-refractivity contribution in [3.8, 4) is 16.8 Å². The van der Waals surface area contributed by atoms with Gasteiger partial charge >= 0.3 is 6.09 Å². The lowest BCUT2D eigenvalue weighted by Gasteiger charge is -2.17.